The molecule has 0 aromatic heterocycles. The third-order valence-corrected chi connectivity index (χ3v) is 4.96. The van der Waals surface area contributed by atoms with E-state index in [0.717, 1.165) is 11.8 Å². The molecule has 0 spiro atoms. The summed E-state index contributed by atoms with van der Waals surface area (Å²) < 4.78 is 5.13. The SMILES string of the molecule is COc1cccc(N(CC(=O)O)C(=O)C(C)CSC(=O)C(C)(C)C)c1. The molecule has 1 atom stereocenters. The monoisotopic (exact) mass is 367 g/mol. The fourth-order valence-electron chi connectivity index (χ4n) is 1.96. The summed E-state index contributed by atoms with van der Waals surface area (Å²) in [5.74, 6) is -1.12. The zero-order valence-electron chi connectivity index (χ0n) is 15.2. The predicted octanol–water partition coefficient (Wildman–Crippen LogP) is 3.05. The third-order valence-electron chi connectivity index (χ3n) is 3.42. The van der Waals surface area contributed by atoms with Crippen molar-refractivity contribution in [3.63, 3.8) is 0 Å². The van der Waals surface area contributed by atoms with Crippen molar-refractivity contribution in [2.45, 2.75) is 27.7 Å². The molecule has 1 aromatic carbocycles. The van der Waals surface area contributed by atoms with Crippen molar-refractivity contribution in [3.05, 3.63) is 24.3 Å². The molecule has 0 saturated heterocycles. The Balaban J connectivity index is 2.92. The Morgan fingerprint density at radius 3 is 2.44 bits per heavy atom. The van der Waals surface area contributed by atoms with Gasteiger partial charge in [-0.2, -0.15) is 0 Å². The van der Waals surface area contributed by atoms with Gasteiger partial charge in [0.05, 0.1) is 7.11 Å². The Labute approximate surface area is 152 Å². The minimum Gasteiger partial charge on any atom is -0.497 e. The molecule has 1 N–H and O–H groups in total. The lowest BCUT2D eigenvalue weighted by Gasteiger charge is -2.25. The number of carbonyl (C=O) groups is 3. The Morgan fingerprint density at radius 1 is 1.28 bits per heavy atom. The van der Waals surface area contributed by atoms with Crippen molar-refractivity contribution in [2.75, 3.05) is 24.3 Å². The second-order valence-electron chi connectivity index (χ2n) is 6.77. The average Bonchev–Trinajstić information content (AvgIpc) is 2.55. The van der Waals surface area contributed by atoms with Crippen LogP contribution >= 0.6 is 11.8 Å². The van der Waals surface area contributed by atoms with Gasteiger partial charge in [-0.15, -0.1) is 0 Å². The van der Waals surface area contributed by atoms with Crippen molar-refractivity contribution in [1.29, 1.82) is 0 Å². The summed E-state index contributed by atoms with van der Waals surface area (Å²) in [6.07, 6.45) is 0. The fourth-order valence-corrected chi connectivity index (χ4v) is 2.94. The van der Waals surface area contributed by atoms with Gasteiger partial charge in [0, 0.05) is 28.8 Å². The summed E-state index contributed by atoms with van der Waals surface area (Å²) in [7, 11) is 1.50. The van der Waals surface area contributed by atoms with E-state index in [0.29, 0.717) is 17.2 Å². The highest BCUT2D eigenvalue weighted by molar-refractivity contribution is 8.13. The Hall–Kier alpha value is -2.02. The van der Waals surface area contributed by atoms with Crippen molar-refractivity contribution in [3.8, 4) is 5.75 Å². The van der Waals surface area contributed by atoms with Crippen LogP contribution in [0.5, 0.6) is 5.75 Å². The molecule has 0 fully saturated rings. The van der Waals surface area contributed by atoms with Gasteiger partial charge in [-0.05, 0) is 12.1 Å². The lowest BCUT2D eigenvalue weighted by molar-refractivity contribution is -0.137. The maximum absolute atomic E-state index is 12.7. The minimum absolute atomic E-state index is 0.00156. The van der Waals surface area contributed by atoms with Gasteiger partial charge in [0.2, 0.25) is 5.91 Å². The molecule has 0 aliphatic carbocycles. The number of anilines is 1. The largest absolute Gasteiger partial charge is 0.497 e. The van der Waals surface area contributed by atoms with Gasteiger partial charge >= 0.3 is 5.97 Å². The maximum atomic E-state index is 12.7. The molecule has 1 rings (SSSR count). The Kier molecular flexibility index (Phi) is 7.48. The first-order valence-corrected chi connectivity index (χ1v) is 8.89. The van der Waals surface area contributed by atoms with E-state index >= 15 is 0 Å². The molecule has 1 unspecified atom stereocenters. The molecule has 0 heterocycles. The quantitative estimate of drug-likeness (QED) is 0.797. The molecule has 7 heteroatoms. The molecule has 25 heavy (non-hydrogen) atoms. The van der Waals surface area contributed by atoms with Crippen molar-refractivity contribution in [2.24, 2.45) is 11.3 Å². The molecule has 0 aliphatic rings. The van der Waals surface area contributed by atoms with E-state index in [-0.39, 0.29) is 11.0 Å². The van der Waals surface area contributed by atoms with E-state index in [1.165, 1.54) is 12.0 Å². The van der Waals surface area contributed by atoms with E-state index < -0.39 is 23.8 Å². The first-order chi connectivity index (χ1) is 11.6. The van der Waals surface area contributed by atoms with Gasteiger partial charge in [0.15, 0.2) is 5.12 Å². The number of ether oxygens (including phenoxy) is 1. The first-order valence-electron chi connectivity index (χ1n) is 7.90. The van der Waals surface area contributed by atoms with Crippen LogP contribution in [0.3, 0.4) is 0 Å². The average molecular weight is 367 g/mol. The number of methoxy groups -OCH3 is 1. The summed E-state index contributed by atoms with van der Waals surface area (Å²) >= 11 is 1.10. The number of hydrogen-bond acceptors (Lipinski definition) is 5. The normalized spacial score (nSPS) is 12.4. The topological polar surface area (TPSA) is 83.9 Å². The highest BCUT2D eigenvalue weighted by atomic mass is 32.2. The van der Waals surface area contributed by atoms with Gasteiger partial charge in [-0.25, -0.2) is 0 Å². The molecule has 0 aliphatic heterocycles. The van der Waals surface area contributed by atoms with Crippen molar-refractivity contribution in [1.82, 2.24) is 0 Å². The first kappa shape index (κ1) is 21.0. The Bertz CT molecular complexity index is 639. The van der Waals surface area contributed by atoms with Crippen LogP contribution in [-0.4, -0.2) is 41.5 Å². The number of carbonyl (C=O) groups excluding carboxylic acids is 2. The van der Waals surface area contributed by atoms with E-state index in [1.807, 2.05) is 20.8 Å². The lowest BCUT2D eigenvalue weighted by Crippen LogP contribution is -2.40. The molecule has 138 valence electrons. The maximum Gasteiger partial charge on any atom is 0.323 e. The Morgan fingerprint density at radius 2 is 1.92 bits per heavy atom. The summed E-state index contributed by atoms with van der Waals surface area (Å²) in [6, 6.07) is 6.68. The number of carboxylic acid groups (broad SMARTS) is 1. The number of amides is 1. The minimum atomic E-state index is -1.11. The van der Waals surface area contributed by atoms with Gasteiger partial charge in [-0.1, -0.05) is 45.5 Å². The smallest absolute Gasteiger partial charge is 0.323 e. The number of hydrogen-bond donors (Lipinski definition) is 1. The van der Waals surface area contributed by atoms with Gasteiger partial charge in [0.1, 0.15) is 12.3 Å². The second-order valence-corrected chi connectivity index (χ2v) is 7.76. The number of nitrogens with zero attached hydrogens (tertiary/aromatic N) is 1. The van der Waals surface area contributed by atoms with E-state index in [1.54, 1.807) is 31.2 Å². The summed E-state index contributed by atoms with van der Waals surface area (Å²) in [5, 5.41) is 9.14. The van der Waals surface area contributed by atoms with Crippen LogP contribution in [0.15, 0.2) is 24.3 Å². The van der Waals surface area contributed by atoms with Crippen LogP contribution in [0.1, 0.15) is 27.7 Å². The fraction of sp³-hybridized carbons (Fsp3) is 0.500. The number of carboxylic acids is 1. The number of thioether (sulfide) groups is 1. The third kappa shape index (κ3) is 6.42. The highest BCUT2D eigenvalue weighted by Gasteiger charge is 2.27. The number of aliphatic carboxylic acids is 1. The molecule has 1 aromatic rings. The van der Waals surface area contributed by atoms with Crippen LogP contribution in [0.2, 0.25) is 0 Å². The standard InChI is InChI=1S/C18H25NO5S/c1-12(11-25-17(23)18(2,3)4)16(22)19(10-15(20)21)13-7-6-8-14(9-13)24-5/h6-9,12H,10-11H2,1-5H3,(H,20,21). The van der Waals surface area contributed by atoms with E-state index in [2.05, 4.69) is 0 Å². The highest BCUT2D eigenvalue weighted by Crippen LogP contribution is 2.26. The zero-order valence-corrected chi connectivity index (χ0v) is 16.1. The number of benzene rings is 1. The molecule has 1 amide bonds. The van der Waals surface area contributed by atoms with Crippen LogP contribution in [0, 0.1) is 11.3 Å². The van der Waals surface area contributed by atoms with Gasteiger partial charge < -0.3 is 14.7 Å². The van der Waals surface area contributed by atoms with Gasteiger partial charge in [0.25, 0.3) is 0 Å². The molecular formula is C18H25NO5S. The molecule has 6 nitrogen and oxygen atoms in total. The van der Waals surface area contributed by atoms with Gasteiger partial charge in [-0.3, -0.25) is 14.4 Å². The summed E-state index contributed by atoms with van der Waals surface area (Å²) in [5.41, 5.74) is -0.0354. The van der Waals surface area contributed by atoms with Crippen LogP contribution in [0.4, 0.5) is 5.69 Å². The number of rotatable bonds is 7. The van der Waals surface area contributed by atoms with E-state index in [4.69, 9.17) is 9.84 Å². The second kappa shape index (κ2) is 8.89. The van der Waals surface area contributed by atoms with Crippen molar-refractivity contribution < 1.29 is 24.2 Å². The van der Waals surface area contributed by atoms with Crippen LogP contribution in [-0.2, 0) is 14.4 Å². The summed E-state index contributed by atoms with van der Waals surface area (Å²) in [6.45, 7) is 6.71. The summed E-state index contributed by atoms with van der Waals surface area (Å²) in [4.78, 5) is 37.1. The van der Waals surface area contributed by atoms with Crippen LogP contribution < -0.4 is 9.64 Å². The molecular weight excluding hydrogens is 342 g/mol. The molecule has 0 radical (unpaired) electrons. The van der Waals surface area contributed by atoms with Crippen molar-refractivity contribution >= 4 is 34.4 Å². The lowest BCUT2D eigenvalue weighted by atomic mass is 10.00. The molecule has 0 saturated carbocycles. The molecule has 0 bridgehead atoms. The van der Waals surface area contributed by atoms with Crippen LogP contribution in [0.25, 0.3) is 0 Å². The predicted molar refractivity (Wildman–Crippen MR) is 99.1 cm³/mol. The zero-order chi connectivity index (χ0) is 19.2. The van der Waals surface area contributed by atoms with E-state index in [9.17, 15) is 14.4 Å².